The number of hydrogen-bond acceptors (Lipinski definition) is 6. The number of amides is 1. The van der Waals surface area contributed by atoms with Gasteiger partial charge in [0.25, 0.3) is 5.91 Å². The number of rotatable bonds is 6. The number of fused-ring (bicyclic) bond motifs is 3. The van der Waals surface area contributed by atoms with Crippen LogP contribution in [0.5, 0.6) is 17.2 Å². The fourth-order valence-corrected chi connectivity index (χ4v) is 4.70. The second-order valence-electron chi connectivity index (χ2n) is 8.08. The van der Waals surface area contributed by atoms with Crippen LogP contribution in [0.3, 0.4) is 0 Å². The zero-order chi connectivity index (χ0) is 20.5. The Morgan fingerprint density at radius 2 is 2.07 bits per heavy atom. The predicted molar refractivity (Wildman–Crippen MR) is 112 cm³/mol. The van der Waals surface area contributed by atoms with Crippen molar-refractivity contribution in [2.75, 3.05) is 40.1 Å². The highest BCUT2D eigenvalue weighted by Crippen LogP contribution is 2.41. The molecule has 0 radical (unpaired) electrons. The average Bonchev–Trinajstić information content (AvgIpc) is 3.42. The van der Waals surface area contributed by atoms with Crippen molar-refractivity contribution in [3.8, 4) is 17.2 Å². The molecule has 5 rings (SSSR count). The minimum Gasteiger partial charge on any atom is -0.493 e. The molecule has 2 saturated heterocycles. The predicted octanol–water partition coefficient (Wildman–Crippen LogP) is 2.11. The molecule has 7 heteroatoms. The fourth-order valence-electron chi connectivity index (χ4n) is 4.70. The molecule has 0 aliphatic carbocycles. The number of nitrogens with zero attached hydrogens (tertiary/aromatic N) is 2. The summed E-state index contributed by atoms with van der Waals surface area (Å²) in [6, 6.07) is 14.2. The quantitative estimate of drug-likeness (QED) is 0.789. The van der Waals surface area contributed by atoms with Crippen molar-refractivity contribution < 1.29 is 19.0 Å². The second-order valence-corrected chi connectivity index (χ2v) is 8.08. The van der Waals surface area contributed by atoms with E-state index in [4.69, 9.17) is 14.2 Å². The van der Waals surface area contributed by atoms with Crippen molar-refractivity contribution in [1.29, 1.82) is 0 Å². The smallest absolute Gasteiger partial charge is 0.254 e. The van der Waals surface area contributed by atoms with E-state index in [2.05, 4.69) is 15.1 Å². The summed E-state index contributed by atoms with van der Waals surface area (Å²) in [5.41, 5.74) is 1.86. The zero-order valence-electron chi connectivity index (χ0n) is 17.2. The summed E-state index contributed by atoms with van der Waals surface area (Å²) in [6.45, 7) is 4.52. The molecule has 30 heavy (non-hydrogen) atoms. The number of nitrogens with one attached hydrogen (secondary N) is 1. The second kappa shape index (κ2) is 8.16. The molecule has 3 aliphatic heterocycles. The van der Waals surface area contributed by atoms with Crippen LogP contribution in [0.1, 0.15) is 22.3 Å². The molecule has 3 aliphatic rings. The maximum Gasteiger partial charge on any atom is 0.254 e. The third-order valence-electron chi connectivity index (χ3n) is 6.27. The number of ether oxygens (including phenoxy) is 3. The molecule has 0 spiro atoms. The maximum atomic E-state index is 13.1. The molecule has 0 saturated carbocycles. The number of piperazine rings is 1. The van der Waals surface area contributed by atoms with Crippen LogP contribution in [0.4, 0.5) is 0 Å². The van der Waals surface area contributed by atoms with Crippen molar-refractivity contribution in [2.24, 2.45) is 0 Å². The van der Waals surface area contributed by atoms with Crippen LogP contribution in [0.25, 0.3) is 0 Å². The maximum absolute atomic E-state index is 13.1. The van der Waals surface area contributed by atoms with Gasteiger partial charge in [0.05, 0.1) is 7.11 Å². The Morgan fingerprint density at radius 1 is 1.20 bits per heavy atom. The molecule has 2 fully saturated rings. The van der Waals surface area contributed by atoms with Gasteiger partial charge in [-0.25, -0.2) is 0 Å². The first-order valence-electron chi connectivity index (χ1n) is 10.5. The molecule has 2 aromatic carbocycles. The highest BCUT2D eigenvalue weighted by atomic mass is 16.7. The van der Waals surface area contributed by atoms with Crippen molar-refractivity contribution in [2.45, 2.75) is 25.0 Å². The fraction of sp³-hybridized carbons (Fsp3) is 0.435. The zero-order valence-corrected chi connectivity index (χ0v) is 17.2. The van der Waals surface area contributed by atoms with Gasteiger partial charge in [-0.2, -0.15) is 0 Å². The monoisotopic (exact) mass is 409 g/mol. The summed E-state index contributed by atoms with van der Waals surface area (Å²) in [5, 5.41) is 3.56. The molecular weight excluding hydrogens is 382 g/mol. The normalized spacial score (nSPS) is 24.2. The Bertz CT molecular complexity index is 920. The van der Waals surface area contributed by atoms with Gasteiger partial charge in [-0.15, -0.1) is 0 Å². The third kappa shape index (κ3) is 3.59. The Kier molecular flexibility index (Phi) is 5.23. The molecule has 1 N–H and O–H groups in total. The first kappa shape index (κ1) is 19.2. The Hall–Kier alpha value is -2.77. The van der Waals surface area contributed by atoms with E-state index in [9.17, 15) is 4.79 Å². The molecule has 0 aromatic heterocycles. The molecule has 2 aromatic rings. The highest BCUT2D eigenvalue weighted by molar-refractivity contribution is 5.94. The number of carbonyl (C=O) groups excluding carboxylic acids is 1. The lowest BCUT2D eigenvalue weighted by atomic mass is 10.1. The van der Waals surface area contributed by atoms with Crippen LogP contribution in [-0.4, -0.2) is 67.9 Å². The van der Waals surface area contributed by atoms with E-state index in [-0.39, 0.29) is 12.7 Å². The van der Waals surface area contributed by atoms with Crippen molar-refractivity contribution in [3.05, 3.63) is 53.6 Å². The van der Waals surface area contributed by atoms with Crippen molar-refractivity contribution >= 4 is 5.91 Å². The molecule has 3 atom stereocenters. The van der Waals surface area contributed by atoms with Crippen LogP contribution in [-0.2, 0) is 6.54 Å². The van der Waals surface area contributed by atoms with Crippen LogP contribution < -0.4 is 19.5 Å². The van der Waals surface area contributed by atoms with Gasteiger partial charge in [-0.05, 0) is 36.2 Å². The largest absolute Gasteiger partial charge is 0.493 e. The number of carbonyl (C=O) groups is 1. The van der Waals surface area contributed by atoms with Crippen molar-refractivity contribution in [1.82, 2.24) is 15.1 Å². The summed E-state index contributed by atoms with van der Waals surface area (Å²) in [6.07, 6.45) is 1.05. The van der Waals surface area contributed by atoms with E-state index in [1.165, 1.54) is 0 Å². The van der Waals surface area contributed by atoms with E-state index in [1.807, 2.05) is 42.5 Å². The van der Waals surface area contributed by atoms with E-state index >= 15 is 0 Å². The summed E-state index contributed by atoms with van der Waals surface area (Å²) >= 11 is 0. The van der Waals surface area contributed by atoms with Gasteiger partial charge >= 0.3 is 0 Å². The van der Waals surface area contributed by atoms with Crippen LogP contribution in [0.15, 0.2) is 42.5 Å². The molecule has 3 heterocycles. The van der Waals surface area contributed by atoms with Crippen molar-refractivity contribution in [3.63, 3.8) is 0 Å². The molecule has 1 amide bonds. The molecule has 1 unspecified atom stereocenters. The molecule has 7 nitrogen and oxygen atoms in total. The number of benzene rings is 2. The first-order valence-corrected chi connectivity index (χ1v) is 10.5. The standard InChI is InChI=1S/C23H27N3O4/c1-28-20-9-16(10-21-22(20)30-15-29-21)11-24-12-19-14-26(18-7-8-25(19)13-18)23(27)17-5-3-2-4-6-17/h2-6,9-10,18-19,24H,7-8,11-15H2,1H3/t18-,19+/m0/s1. The summed E-state index contributed by atoms with van der Waals surface area (Å²) in [7, 11) is 1.64. The van der Waals surface area contributed by atoms with Gasteiger partial charge in [0.1, 0.15) is 0 Å². The van der Waals surface area contributed by atoms with Gasteiger partial charge in [0, 0.05) is 50.4 Å². The first-order chi connectivity index (χ1) is 14.7. The number of hydrogen-bond donors (Lipinski definition) is 1. The van der Waals surface area contributed by atoms with E-state index < -0.39 is 0 Å². The minimum atomic E-state index is 0.146. The Morgan fingerprint density at radius 3 is 2.90 bits per heavy atom. The molecule has 158 valence electrons. The molecular formula is C23H27N3O4. The van der Waals surface area contributed by atoms with Gasteiger partial charge in [0.2, 0.25) is 12.5 Å². The highest BCUT2D eigenvalue weighted by Gasteiger charge is 2.40. The lowest BCUT2D eigenvalue weighted by molar-refractivity contribution is 0.0495. The van der Waals surface area contributed by atoms with Gasteiger partial charge in [-0.1, -0.05) is 18.2 Å². The van der Waals surface area contributed by atoms with Crippen LogP contribution >= 0.6 is 0 Å². The number of methoxy groups -OCH3 is 1. The topological polar surface area (TPSA) is 63.3 Å². The van der Waals surface area contributed by atoms with E-state index in [1.54, 1.807) is 7.11 Å². The lowest BCUT2D eigenvalue weighted by Gasteiger charge is -2.40. The van der Waals surface area contributed by atoms with E-state index in [0.717, 1.165) is 49.5 Å². The van der Waals surface area contributed by atoms with Gasteiger partial charge in [-0.3, -0.25) is 9.69 Å². The van der Waals surface area contributed by atoms with Crippen LogP contribution in [0, 0.1) is 0 Å². The third-order valence-corrected chi connectivity index (χ3v) is 6.27. The summed E-state index contributed by atoms with van der Waals surface area (Å²) in [4.78, 5) is 17.6. The van der Waals surface area contributed by atoms with Gasteiger partial charge in [0.15, 0.2) is 11.5 Å². The van der Waals surface area contributed by atoms with E-state index in [0.29, 0.717) is 30.1 Å². The molecule has 2 bridgehead atoms. The van der Waals surface area contributed by atoms with Gasteiger partial charge < -0.3 is 24.4 Å². The lowest BCUT2D eigenvalue weighted by Crippen LogP contribution is -2.57. The summed E-state index contributed by atoms with van der Waals surface area (Å²) < 4.78 is 16.4. The minimum absolute atomic E-state index is 0.146. The van der Waals surface area contributed by atoms with Crippen LogP contribution in [0.2, 0.25) is 0 Å². The Balaban J connectivity index is 1.23. The SMILES string of the molecule is COc1cc(CNC[C@@H]2CN(C(=O)c3ccccc3)[C@H]3CCN2C3)cc2c1OCO2. The average molecular weight is 409 g/mol. The summed E-state index contributed by atoms with van der Waals surface area (Å²) in [5.74, 6) is 2.24. The Labute approximate surface area is 176 Å².